The first kappa shape index (κ1) is 21.9. The maximum Gasteiger partial charge on any atom is 0.261 e. The van der Waals surface area contributed by atoms with Crippen LogP contribution in [-0.4, -0.2) is 45.4 Å². The summed E-state index contributed by atoms with van der Waals surface area (Å²) in [4.78, 5) is 14.8. The summed E-state index contributed by atoms with van der Waals surface area (Å²) in [5.74, 6) is -0.266. The van der Waals surface area contributed by atoms with Crippen LogP contribution in [0, 0.1) is 13.8 Å². The molecule has 2 rings (SSSR count). The standard InChI is InChI=1S/C21H29N3O3S/c1-5-24(6-2)14-13-22-21(25)19-15-18(12-11-16(19)3)28(26,27)23-20-10-8-7-9-17(20)4/h7-12,15,23H,5-6,13-14H2,1-4H3,(H,22,25). The highest BCUT2D eigenvalue weighted by atomic mass is 32.2. The molecule has 2 aromatic rings. The van der Waals surface area contributed by atoms with E-state index in [1.54, 1.807) is 25.1 Å². The molecule has 28 heavy (non-hydrogen) atoms. The minimum Gasteiger partial charge on any atom is -0.351 e. The Bertz CT molecular complexity index is 922. The van der Waals surface area contributed by atoms with Crippen molar-refractivity contribution in [1.82, 2.24) is 10.2 Å². The van der Waals surface area contributed by atoms with Crippen LogP contribution in [0.1, 0.15) is 35.3 Å². The third-order valence-corrected chi connectivity index (χ3v) is 6.12. The molecule has 1 amide bonds. The van der Waals surface area contributed by atoms with Crippen molar-refractivity contribution in [2.75, 3.05) is 30.9 Å². The molecule has 0 saturated heterocycles. The molecule has 6 nitrogen and oxygen atoms in total. The average Bonchev–Trinajstić information content (AvgIpc) is 2.67. The number of carbonyl (C=O) groups excluding carboxylic acids is 1. The van der Waals surface area contributed by atoms with Crippen LogP contribution in [0.4, 0.5) is 5.69 Å². The van der Waals surface area contributed by atoms with Crippen LogP contribution in [0.2, 0.25) is 0 Å². The third-order valence-electron chi connectivity index (χ3n) is 4.76. The number of sulfonamides is 1. The highest BCUT2D eigenvalue weighted by Gasteiger charge is 2.19. The van der Waals surface area contributed by atoms with Crippen molar-refractivity contribution in [3.05, 3.63) is 59.2 Å². The van der Waals surface area contributed by atoms with Gasteiger partial charge in [0, 0.05) is 18.7 Å². The first-order chi connectivity index (χ1) is 13.3. The number of hydrogen-bond donors (Lipinski definition) is 2. The van der Waals surface area contributed by atoms with Crippen molar-refractivity contribution in [2.45, 2.75) is 32.6 Å². The molecule has 0 heterocycles. The van der Waals surface area contributed by atoms with Gasteiger partial charge in [0.15, 0.2) is 0 Å². The number of carbonyl (C=O) groups is 1. The Morgan fingerprint density at radius 1 is 1.00 bits per heavy atom. The Morgan fingerprint density at radius 2 is 1.68 bits per heavy atom. The summed E-state index contributed by atoms with van der Waals surface area (Å²) in [6.07, 6.45) is 0. The van der Waals surface area contributed by atoms with Crippen molar-refractivity contribution in [3.63, 3.8) is 0 Å². The molecule has 0 unspecified atom stereocenters. The lowest BCUT2D eigenvalue weighted by Gasteiger charge is -2.18. The second kappa shape index (κ2) is 9.71. The number of amides is 1. The highest BCUT2D eigenvalue weighted by molar-refractivity contribution is 7.92. The van der Waals surface area contributed by atoms with Crippen LogP contribution in [-0.2, 0) is 10.0 Å². The fraction of sp³-hybridized carbons (Fsp3) is 0.381. The molecule has 0 fully saturated rings. The van der Waals surface area contributed by atoms with Gasteiger partial charge in [-0.15, -0.1) is 0 Å². The molecular formula is C21H29N3O3S. The van der Waals surface area contributed by atoms with Crippen molar-refractivity contribution in [3.8, 4) is 0 Å². The van der Waals surface area contributed by atoms with Gasteiger partial charge in [-0.05, 0) is 56.3 Å². The van der Waals surface area contributed by atoms with E-state index in [-0.39, 0.29) is 10.8 Å². The normalized spacial score (nSPS) is 11.5. The van der Waals surface area contributed by atoms with Gasteiger partial charge in [0.25, 0.3) is 15.9 Å². The van der Waals surface area contributed by atoms with Gasteiger partial charge in [0.05, 0.1) is 10.6 Å². The van der Waals surface area contributed by atoms with Gasteiger partial charge >= 0.3 is 0 Å². The summed E-state index contributed by atoms with van der Waals surface area (Å²) in [7, 11) is -3.79. The number of aryl methyl sites for hydroxylation is 2. The van der Waals surface area contributed by atoms with Gasteiger partial charge in [0.2, 0.25) is 0 Å². The van der Waals surface area contributed by atoms with Gasteiger partial charge in [-0.2, -0.15) is 0 Å². The Labute approximate surface area is 168 Å². The molecule has 0 aliphatic heterocycles. The molecular weight excluding hydrogens is 374 g/mol. The lowest BCUT2D eigenvalue weighted by atomic mass is 10.1. The lowest BCUT2D eigenvalue weighted by Crippen LogP contribution is -2.35. The van der Waals surface area contributed by atoms with Crippen molar-refractivity contribution >= 4 is 21.6 Å². The predicted molar refractivity (Wildman–Crippen MR) is 113 cm³/mol. The molecule has 0 aliphatic rings. The van der Waals surface area contributed by atoms with E-state index < -0.39 is 10.0 Å². The molecule has 0 saturated carbocycles. The van der Waals surface area contributed by atoms with E-state index in [0.717, 1.165) is 30.8 Å². The first-order valence-corrected chi connectivity index (χ1v) is 11.0. The van der Waals surface area contributed by atoms with E-state index in [0.29, 0.717) is 17.8 Å². The van der Waals surface area contributed by atoms with Crippen LogP contribution in [0.3, 0.4) is 0 Å². The smallest absolute Gasteiger partial charge is 0.261 e. The molecule has 0 aliphatic carbocycles. The van der Waals surface area contributed by atoms with Crippen LogP contribution >= 0.6 is 0 Å². The van der Waals surface area contributed by atoms with E-state index in [1.807, 2.05) is 19.1 Å². The monoisotopic (exact) mass is 403 g/mol. The highest BCUT2D eigenvalue weighted by Crippen LogP contribution is 2.21. The topological polar surface area (TPSA) is 78.5 Å². The molecule has 2 N–H and O–H groups in total. The second-order valence-corrected chi connectivity index (χ2v) is 8.36. The van der Waals surface area contributed by atoms with Crippen molar-refractivity contribution in [2.24, 2.45) is 0 Å². The number of para-hydroxylation sites is 1. The number of rotatable bonds is 9. The Balaban J connectivity index is 2.17. The zero-order valence-corrected chi connectivity index (χ0v) is 17.8. The fourth-order valence-corrected chi connectivity index (χ4v) is 4.02. The number of anilines is 1. The van der Waals surface area contributed by atoms with Gasteiger partial charge in [-0.1, -0.05) is 38.1 Å². The quantitative estimate of drug-likeness (QED) is 0.674. The summed E-state index contributed by atoms with van der Waals surface area (Å²) in [6.45, 7) is 10.9. The van der Waals surface area contributed by atoms with Crippen LogP contribution < -0.4 is 10.0 Å². The number of nitrogens with one attached hydrogen (secondary N) is 2. The molecule has 0 radical (unpaired) electrons. The van der Waals surface area contributed by atoms with Crippen molar-refractivity contribution < 1.29 is 13.2 Å². The second-order valence-electron chi connectivity index (χ2n) is 6.68. The zero-order valence-electron chi connectivity index (χ0n) is 17.0. The van der Waals surface area contributed by atoms with Gasteiger partial charge < -0.3 is 10.2 Å². The lowest BCUT2D eigenvalue weighted by molar-refractivity contribution is 0.0948. The number of likely N-dealkylation sites (N-methyl/N-ethyl adjacent to an activating group) is 1. The minimum absolute atomic E-state index is 0.0650. The van der Waals surface area contributed by atoms with E-state index in [4.69, 9.17) is 0 Å². The SMILES string of the molecule is CCN(CC)CCNC(=O)c1cc(S(=O)(=O)Nc2ccccc2C)ccc1C. The van der Waals surface area contributed by atoms with Crippen LogP contribution in [0.5, 0.6) is 0 Å². The number of hydrogen-bond acceptors (Lipinski definition) is 4. The van der Waals surface area contributed by atoms with E-state index >= 15 is 0 Å². The Morgan fingerprint density at radius 3 is 2.32 bits per heavy atom. The van der Waals surface area contributed by atoms with Crippen LogP contribution in [0.25, 0.3) is 0 Å². The fourth-order valence-electron chi connectivity index (χ4n) is 2.87. The maximum atomic E-state index is 12.8. The molecule has 0 bridgehead atoms. The van der Waals surface area contributed by atoms with E-state index in [2.05, 4.69) is 28.8 Å². The minimum atomic E-state index is -3.79. The van der Waals surface area contributed by atoms with Gasteiger partial charge in [-0.3, -0.25) is 9.52 Å². The van der Waals surface area contributed by atoms with Crippen molar-refractivity contribution in [1.29, 1.82) is 0 Å². The molecule has 0 spiro atoms. The molecule has 0 aromatic heterocycles. The molecule has 2 aromatic carbocycles. The molecule has 0 atom stereocenters. The van der Waals surface area contributed by atoms with E-state index in [1.165, 1.54) is 12.1 Å². The van der Waals surface area contributed by atoms with Gasteiger partial charge in [0.1, 0.15) is 0 Å². The summed E-state index contributed by atoms with van der Waals surface area (Å²) in [5, 5.41) is 2.88. The Kier molecular flexibility index (Phi) is 7.60. The molecule has 152 valence electrons. The Hall–Kier alpha value is -2.38. The number of benzene rings is 2. The average molecular weight is 404 g/mol. The van der Waals surface area contributed by atoms with Crippen LogP contribution in [0.15, 0.2) is 47.4 Å². The summed E-state index contributed by atoms with van der Waals surface area (Å²) < 4.78 is 28.1. The zero-order chi connectivity index (χ0) is 20.7. The van der Waals surface area contributed by atoms with Gasteiger partial charge in [-0.25, -0.2) is 8.42 Å². The summed E-state index contributed by atoms with van der Waals surface area (Å²) in [6, 6.07) is 11.8. The molecule has 7 heteroatoms. The predicted octanol–water partition coefficient (Wildman–Crippen LogP) is 3.18. The largest absolute Gasteiger partial charge is 0.351 e. The third kappa shape index (κ3) is 5.56. The van der Waals surface area contributed by atoms with E-state index in [9.17, 15) is 13.2 Å². The maximum absolute atomic E-state index is 12.8. The summed E-state index contributed by atoms with van der Waals surface area (Å²) >= 11 is 0. The number of nitrogens with zero attached hydrogens (tertiary/aromatic N) is 1. The summed E-state index contributed by atoms with van der Waals surface area (Å²) in [5.41, 5.74) is 2.45. The first-order valence-electron chi connectivity index (χ1n) is 9.48.